The zero-order chi connectivity index (χ0) is 15.5. The maximum atomic E-state index is 12.3. The lowest BCUT2D eigenvalue weighted by molar-refractivity contribution is 0.0602. The quantitative estimate of drug-likeness (QED) is 0.820. The number of hydrogen-bond donors (Lipinski definition) is 1. The van der Waals surface area contributed by atoms with Gasteiger partial charge in [-0.15, -0.1) is 11.3 Å². The topological polar surface area (TPSA) is 85.6 Å². The molecule has 1 atom stereocenters. The molecule has 2 aromatic heterocycles. The Morgan fingerprint density at radius 1 is 1.48 bits per heavy atom. The molecule has 2 aromatic rings. The molecule has 0 spiro atoms. The Balaban J connectivity index is 2.15. The molecule has 0 saturated heterocycles. The van der Waals surface area contributed by atoms with Crippen LogP contribution in [0, 0.1) is 0 Å². The summed E-state index contributed by atoms with van der Waals surface area (Å²) in [5.41, 5.74) is 0.892. The van der Waals surface area contributed by atoms with Gasteiger partial charge in [0.25, 0.3) is 0 Å². The Morgan fingerprint density at radius 2 is 2.24 bits per heavy atom. The van der Waals surface area contributed by atoms with Gasteiger partial charge in [0, 0.05) is 6.04 Å². The number of esters is 1. The molecular formula is C13H15NO5S2. The van der Waals surface area contributed by atoms with E-state index in [1.165, 1.54) is 19.4 Å². The van der Waals surface area contributed by atoms with E-state index in [2.05, 4.69) is 9.46 Å². The van der Waals surface area contributed by atoms with Crippen LogP contribution in [0.25, 0.3) is 0 Å². The summed E-state index contributed by atoms with van der Waals surface area (Å²) in [5.74, 6) is -0.659. The maximum Gasteiger partial charge on any atom is 0.349 e. The van der Waals surface area contributed by atoms with Crippen LogP contribution in [-0.4, -0.2) is 27.5 Å². The Kier molecular flexibility index (Phi) is 4.81. The SMILES string of the molecule is COC(=O)c1sccc1S(=O)(=O)NC(C)Cc1ccoc1. The van der Waals surface area contributed by atoms with Crippen LogP contribution in [0.4, 0.5) is 0 Å². The van der Waals surface area contributed by atoms with E-state index in [9.17, 15) is 13.2 Å². The number of methoxy groups -OCH3 is 1. The Bertz CT molecular complexity index is 703. The van der Waals surface area contributed by atoms with Crippen molar-refractivity contribution < 1.29 is 22.4 Å². The van der Waals surface area contributed by atoms with Gasteiger partial charge in [0.15, 0.2) is 0 Å². The average Bonchev–Trinajstić information content (AvgIpc) is 3.07. The summed E-state index contributed by atoms with van der Waals surface area (Å²) in [5, 5.41) is 1.54. The molecule has 21 heavy (non-hydrogen) atoms. The molecule has 0 aliphatic rings. The Hall–Kier alpha value is -1.64. The first-order chi connectivity index (χ1) is 9.94. The highest BCUT2D eigenvalue weighted by Crippen LogP contribution is 2.23. The van der Waals surface area contributed by atoms with Gasteiger partial charge in [-0.3, -0.25) is 0 Å². The Labute approximate surface area is 126 Å². The van der Waals surface area contributed by atoms with E-state index >= 15 is 0 Å². The predicted molar refractivity (Wildman–Crippen MR) is 77.9 cm³/mol. The van der Waals surface area contributed by atoms with E-state index in [-0.39, 0.29) is 15.8 Å². The highest BCUT2D eigenvalue weighted by atomic mass is 32.2. The van der Waals surface area contributed by atoms with Gasteiger partial charge in [-0.1, -0.05) is 0 Å². The van der Waals surface area contributed by atoms with Crippen molar-refractivity contribution >= 4 is 27.3 Å². The summed E-state index contributed by atoms with van der Waals surface area (Å²) in [6.07, 6.45) is 3.59. The fourth-order valence-corrected chi connectivity index (χ4v) is 4.46. The lowest BCUT2D eigenvalue weighted by atomic mass is 10.1. The molecule has 6 nitrogen and oxygen atoms in total. The van der Waals surface area contributed by atoms with Crippen LogP contribution in [0.2, 0.25) is 0 Å². The van der Waals surface area contributed by atoms with Gasteiger partial charge in [0.1, 0.15) is 9.77 Å². The van der Waals surface area contributed by atoms with E-state index in [4.69, 9.17) is 4.42 Å². The lowest BCUT2D eigenvalue weighted by Crippen LogP contribution is -2.34. The summed E-state index contributed by atoms with van der Waals surface area (Å²) >= 11 is 1.03. The highest BCUT2D eigenvalue weighted by molar-refractivity contribution is 7.89. The number of furan rings is 1. The van der Waals surface area contributed by atoms with Gasteiger partial charge in [0.05, 0.1) is 19.6 Å². The smallest absolute Gasteiger partial charge is 0.349 e. The molecule has 0 fully saturated rings. The van der Waals surface area contributed by atoms with Crippen LogP contribution >= 0.6 is 11.3 Å². The van der Waals surface area contributed by atoms with Crippen molar-refractivity contribution in [2.75, 3.05) is 7.11 Å². The molecule has 0 amide bonds. The number of nitrogens with one attached hydrogen (secondary N) is 1. The number of carbonyl (C=O) groups is 1. The largest absolute Gasteiger partial charge is 0.472 e. The van der Waals surface area contributed by atoms with Crippen LogP contribution in [0.3, 0.4) is 0 Å². The van der Waals surface area contributed by atoms with Gasteiger partial charge in [-0.05, 0) is 36.4 Å². The molecular weight excluding hydrogens is 314 g/mol. The van der Waals surface area contributed by atoms with Crippen LogP contribution in [0.15, 0.2) is 39.4 Å². The second-order valence-corrected chi connectivity index (χ2v) is 7.06. The summed E-state index contributed by atoms with van der Waals surface area (Å²) in [6, 6.07) is 2.83. The van der Waals surface area contributed by atoms with E-state index in [0.29, 0.717) is 6.42 Å². The number of sulfonamides is 1. The monoisotopic (exact) mass is 329 g/mol. The third-order valence-corrected chi connectivity index (χ3v) is 5.42. The fourth-order valence-electron chi connectivity index (χ4n) is 1.88. The van der Waals surface area contributed by atoms with Crippen molar-refractivity contribution in [3.63, 3.8) is 0 Å². The molecule has 2 heterocycles. The van der Waals surface area contributed by atoms with Gasteiger partial charge < -0.3 is 9.15 Å². The van der Waals surface area contributed by atoms with E-state index in [0.717, 1.165) is 16.9 Å². The number of ether oxygens (including phenoxy) is 1. The van der Waals surface area contributed by atoms with Crippen LogP contribution in [0.5, 0.6) is 0 Å². The number of carbonyl (C=O) groups excluding carboxylic acids is 1. The second kappa shape index (κ2) is 6.42. The van der Waals surface area contributed by atoms with E-state index in [1.54, 1.807) is 24.6 Å². The minimum Gasteiger partial charge on any atom is -0.472 e. The first-order valence-electron chi connectivity index (χ1n) is 6.13. The maximum absolute atomic E-state index is 12.3. The van der Waals surface area contributed by atoms with E-state index in [1.807, 2.05) is 0 Å². The molecule has 1 N–H and O–H groups in total. The molecule has 2 rings (SSSR count). The second-order valence-electron chi connectivity index (χ2n) is 4.46. The van der Waals surface area contributed by atoms with Crippen LogP contribution < -0.4 is 4.72 Å². The van der Waals surface area contributed by atoms with E-state index < -0.39 is 16.0 Å². The average molecular weight is 329 g/mol. The molecule has 0 aliphatic heterocycles. The minimum absolute atomic E-state index is 0.0570. The standard InChI is InChI=1S/C13H15NO5S2/c1-9(7-10-3-5-19-8-10)14-21(16,17)11-4-6-20-12(11)13(15)18-2/h3-6,8-9,14H,7H2,1-2H3. The number of thiophene rings is 1. The fraction of sp³-hybridized carbons (Fsp3) is 0.308. The van der Waals surface area contributed by atoms with Crippen molar-refractivity contribution in [3.05, 3.63) is 40.5 Å². The van der Waals surface area contributed by atoms with Crippen LogP contribution in [0.1, 0.15) is 22.2 Å². The van der Waals surface area contributed by atoms with Gasteiger partial charge in [-0.2, -0.15) is 0 Å². The first kappa shape index (κ1) is 15.7. The predicted octanol–water partition coefficient (Wildman–Crippen LogP) is 2.04. The van der Waals surface area contributed by atoms with Crippen molar-refractivity contribution in [1.29, 1.82) is 0 Å². The van der Waals surface area contributed by atoms with Crippen molar-refractivity contribution in [2.45, 2.75) is 24.3 Å². The third-order valence-electron chi connectivity index (χ3n) is 2.77. The van der Waals surface area contributed by atoms with Crippen molar-refractivity contribution in [2.24, 2.45) is 0 Å². The van der Waals surface area contributed by atoms with Crippen molar-refractivity contribution in [3.8, 4) is 0 Å². The zero-order valence-electron chi connectivity index (χ0n) is 11.5. The lowest BCUT2D eigenvalue weighted by Gasteiger charge is -2.13. The molecule has 0 bridgehead atoms. The molecule has 114 valence electrons. The molecule has 0 aliphatic carbocycles. The number of rotatable bonds is 6. The van der Waals surface area contributed by atoms with Gasteiger partial charge >= 0.3 is 5.97 Å². The zero-order valence-corrected chi connectivity index (χ0v) is 13.2. The summed E-state index contributed by atoms with van der Waals surface area (Å²) < 4.78 is 36.8. The van der Waals surface area contributed by atoms with Gasteiger partial charge in [-0.25, -0.2) is 17.9 Å². The molecule has 8 heteroatoms. The van der Waals surface area contributed by atoms with Crippen LogP contribution in [-0.2, 0) is 21.2 Å². The first-order valence-corrected chi connectivity index (χ1v) is 8.49. The molecule has 1 unspecified atom stereocenters. The summed E-state index contributed by atoms with van der Waals surface area (Å²) in [4.78, 5) is 11.6. The Morgan fingerprint density at radius 3 is 2.86 bits per heavy atom. The molecule has 0 aromatic carbocycles. The third kappa shape index (κ3) is 3.72. The number of hydrogen-bond acceptors (Lipinski definition) is 6. The molecule has 0 saturated carbocycles. The molecule has 0 radical (unpaired) electrons. The van der Waals surface area contributed by atoms with Crippen molar-refractivity contribution in [1.82, 2.24) is 4.72 Å². The van der Waals surface area contributed by atoms with Gasteiger partial charge in [0.2, 0.25) is 10.0 Å². The summed E-state index contributed by atoms with van der Waals surface area (Å²) in [6.45, 7) is 1.74. The normalized spacial score (nSPS) is 13.0. The summed E-state index contributed by atoms with van der Waals surface area (Å²) in [7, 11) is -2.56. The highest BCUT2D eigenvalue weighted by Gasteiger charge is 2.26. The minimum atomic E-state index is -3.78.